The zero-order chi connectivity index (χ0) is 13.0. The van der Waals surface area contributed by atoms with E-state index in [2.05, 4.69) is 0 Å². The maximum absolute atomic E-state index is 10.6. The highest BCUT2D eigenvalue weighted by Crippen LogP contribution is 2.24. The van der Waals surface area contributed by atoms with Gasteiger partial charge in [0.05, 0.1) is 4.92 Å². The highest BCUT2D eigenvalue weighted by atomic mass is 16.6. The third-order valence-corrected chi connectivity index (χ3v) is 2.36. The molecule has 0 aliphatic heterocycles. The minimum absolute atomic E-state index is 0.0493. The number of aryl methyl sites for hydroxylation is 1. The molecular weight excluding hydrogens is 222 g/mol. The molecule has 1 unspecified atom stereocenters. The first kappa shape index (κ1) is 13.0. The minimum Gasteiger partial charge on any atom is -0.483 e. The number of rotatable bonds is 5. The second kappa shape index (κ2) is 5.29. The van der Waals surface area contributed by atoms with E-state index in [-0.39, 0.29) is 11.5 Å². The topological polar surface area (TPSA) is 102 Å². The molecule has 6 nitrogen and oxygen atoms in total. The van der Waals surface area contributed by atoms with Crippen LogP contribution in [0.15, 0.2) is 18.2 Å². The molecule has 0 saturated heterocycles. The summed E-state index contributed by atoms with van der Waals surface area (Å²) in [5.41, 5.74) is 5.93. The predicted octanol–water partition coefficient (Wildman–Crippen LogP) is 2.00. The van der Waals surface area contributed by atoms with E-state index >= 15 is 0 Å². The SMILES string of the molecule is CCC(Oc1ccc([N+](=O)[O-])c(C)c1)C(=N)N. The fraction of sp³-hybridized carbons (Fsp3) is 0.364. The molecular formula is C11H15N3O3. The molecule has 0 bridgehead atoms. The van der Waals surface area contributed by atoms with Crippen LogP contribution >= 0.6 is 0 Å². The van der Waals surface area contributed by atoms with Crippen LogP contribution in [0.4, 0.5) is 5.69 Å². The van der Waals surface area contributed by atoms with Gasteiger partial charge in [-0.05, 0) is 25.5 Å². The van der Waals surface area contributed by atoms with Gasteiger partial charge in [-0.2, -0.15) is 0 Å². The normalized spacial score (nSPS) is 11.9. The fourth-order valence-electron chi connectivity index (χ4n) is 1.44. The highest BCUT2D eigenvalue weighted by molar-refractivity contribution is 5.82. The van der Waals surface area contributed by atoms with Gasteiger partial charge in [0.25, 0.3) is 5.69 Å². The number of benzene rings is 1. The zero-order valence-electron chi connectivity index (χ0n) is 9.77. The van der Waals surface area contributed by atoms with Crippen LogP contribution in [0.3, 0.4) is 0 Å². The molecule has 0 fully saturated rings. The van der Waals surface area contributed by atoms with Crippen LogP contribution in [0.25, 0.3) is 0 Å². The average Bonchev–Trinajstić information content (AvgIpc) is 2.24. The van der Waals surface area contributed by atoms with Crippen molar-refractivity contribution >= 4 is 11.5 Å². The molecule has 0 aliphatic rings. The molecule has 0 saturated carbocycles. The zero-order valence-corrected chi connectivity index (χ0v) is 9.77. The largest absolute Gasteiger partial charge is 0.483 e. The Hall–Kier alpha value is -2.11. The van der Waals surface area contributed by atoms with E-state index in [9.17, 15) is 10.1 Å². The van der Waals surface area contributed by atoms with E-state index in [4.69, 9.17) is 15.9 Å². The molecule has 0 spiro atoms. The van der Waals surface area contributed by atoms with Crippen molar-refractivity contribution in [2.24, 2.45) is 5.73 Å². The number of hydrogen-bond donors (Lipinski definition) is 2. The van der Waals surface area contributed by atoms with Gasteiger partial charge >= 0.3 is 0 Å². The molecule has 0 heterocycles. The second-order valence-corrected chi connectivity index (χ2v) is 3.68. The molecule has 1 atom stereocenters. The van der Waals surface area contributed by atoms with Gasteiger partial charge in [-0.25, -0.2) is 0 Å². The van der Waals surface area contributed by atoms with Crippen molar-refractivity contribution in [1.29, 1.82) is 5.41 Å². The lowest BCUT2D eigenvalue weighted by molar-refractivity contribution is -0.385. The monoisotopic (exact) mass is 237 g/mol. The maximum Gasteiger partial charge on any atom is 0.272 e. The molecule has 0 radical (unpaired) electrons. The summed E-state index contributed by atoms with van der Waals surface area (Å²) in [6.07, 6.45) is 0.0848. The Kier molecular flexibility index (Phi) is 4.03. The van der Waals surface area contributed by atoms with Crippen LogP contribution in [-0.4, -0.2) is 16.9 Å². The van der Waals surface area contributed by atoms with Crippen molar-refractivity contribution in [3.63, 3.8) is 0 Å². The number of nitro benzene ring substituents is 1. The van der Waals surface area contributed by atoms with Gasteiger partial charge in [-0.15, -0.1) is 0 Å². The molecule has 0 amide bonds. The third-order valence-electron chi connectivity index (χ3n) is 2.36. The summed E-state index contributed by atoms with van der Waals surface area (Å²) in [7, 11) is 0. The molecule has 0 aromatic heterocycles. The Labute approximate surface area is 99.0 Å². The number of nitro groups is 1. The van der Waals surface area contributed by atoms with Gasteiger partial charge in [-0.1, -0.05) is 6.92 Å². The lowest BCUT2D eigenvalue weighted by Crippen LogP contribution is -2.32. The smallest absolute Gasteiger partial charge is 0.272 e. The highest BCUT2D eigenvalue weighted by Gasteiger charge is 2.14. The lowest BCUT2D eigenvalue weighted by atomic mass is 10.2. The summed E-state index contributed by atoms with van der Waals surface area (Å²) < 4.78 is 5.47. The summed E-state index contributed by atoms with van der Waals surface area (Å²) in [5.74, 6) is 0.429. The lowest BCUT2D eigenvalue weighted by Gasteiger charge is -2.16. The van der Waals surface area contributed by atoms with Crippen molar-refractivity contribution in [1.82, 2.24) is 0 Å². The van der Waals surface area contributed by atoms with Crippen LogP contribution in [0.5, 0.6) is 5.75 Å². The quantitative estimate of drug-likeness (QED) is 0.354. The van der Waals surface area contributed by atoms with Crippen molar-refractivity contribution in [2.75, 3.05) is 0 Å². The number of nitrogens with one attached hydrogen (secondary N) is 1. The average molecular weight is 237 g/mol. The molecule has 1 aromatic rings. The van der Waals surface area contributed by atoms with Crippen LogP contribution in [0, 0.1) is 22.4 Å². The molecule has 1 rings (SSSR count). The first-order valence-electron chi connectivity index (χ1n) is 5.21. The van der Waals surface area contributed by atoms with Gasteiger partial charge in [0.2, 0.25) is 0 Å². The summed E-state index contributed by atoms with van der Waals surface area (Å²) in [4.78, 5) is 10.2. The number of ether oxygens (including phenoxy) is 1. The van der Waals surface area contributed by atoms with Gasteiger partial charge in [0.15, 0.2) is 6.10 Å². The van der Waals surface area contributed by atoms with Crippen molar-refractivity contribution in [2.45, 2.75) is 26.4 Å². The molecule has 6 heteroatoms. The standard InChI is InChI=1S/C11H15N3O3/c1-3-10(11(12)13)17-8-4-5-9(14(15)16)7(2)6-8/h4-6,10H,3H2,1-2H3,(H3,12,13). The number of nitrogens with two attached hydrogens (primary N) is 1. The summed E-state index contributed by atoms with van der Waals surface area (Å²) in [6.45, 7) is 3.49. The Balaban J connectivity index is 2.90. The van der Waals surface area contributed by atoms with Crippen LogP contribution in [-0.2, 0) is 0 Å². The van der Waals surface area contributed by atoms with Crippen LogP contribution < -0.4 is 10.5 Å². The van der Waals surface area contributed by atoms with Crippen molar-refractivity contribution in [3.8, 4) is 5.75 Å². The van der Waals surface area contributed by atoms with E-state index in [1.165, 1.54) is 12.1 Å². The predicted molar refractivity (Wildman–Crippen MR) is 64.5 cm³/mol. The molecule has 92 valence electrons. The van der Waals surface area contributed by atoms with Crippen LogP contribution in [0.2, 0.25) is 0 Å². The Bertz CT molecular complexity index is 446. The molecule has 3 N–H and O–H groups in total. The third kappa shape index (κ3) is 3.17. The van der Waals surface area contributed by atoms with Gasteiger partial charge in [-0.3, -0.25) is 15.5 Å². The fourth-order valence-corrected chi connectivity index (χ4v) is 1.44. The first-order valence-corrected chi connectivity index (χ1v) is 5.21. The van der Waals surface area contributed by atoms with Crippen molar-refractivity contribution < 1.29 is 9.66 Å². The summed E-state index contributed by atoms with van der Waals surface area (Å²) in [6, 6.07) is 4.47. The second-order valence-electron chi connectivity index (χ2n) is 3.68. The van der Waals surface area contributed by atoms with Gasteiger partial charge in [0.1, 0.15) is 11.6 Å². The van der Waals surface area contributed by atoms with E-state index in [0.717, 1.165) is 0 Å². The van der Waals surface area contributed by atoms with Gasteiger partial charge in [0, 0.05) is 11.6 Å². The van der Waals surface area contributed by atoms with Crippen molar-refractivity contribution in [3.05, 3.63) is 33.9 Å². The summed E-state index contributed by atoms with van der Waals surface area (Å²) >= 11 is 0. The Morgan fingerprint density at radius 1 is 1.65 bits per heavy atom. The van der Waals surface area contributed by atoms with Crippen LogP contribution in [0.1, 0.15) is 18.9 Å². The maximum atomic E-state index is 10.6. The molecule has 1 aromatic carbocycles. The van der Waals surface area contributed by atoms with E-state index in [0.29, 0.717) is 17.7 Å². The summed E-state index contributed by atoms with van der Waals surface area (Å²) in [5, 5.41) is 17.9. The number of hydrogen-bond acceptors (Lipinski definition) is 4. The van der Waals surface area contributed by atoms with E-state index in [1.54, 1.807) is 13.0 Å². The molecule has 0 aliphatic carbocycles. The van der Waals surface area contributed by atoms with E-state index in [1.807, 2.05) is 6.92 Å². The Morgan fingerprint density at radius 2 is 2.29 bits per heavy atom. The number of nitrogens with zero attached hydrogens (tertiary/aromatic N) is 1. The van der Waals surface area contributed by atoms with Gasteiger partial charge < -0.3 is 10.5 Å². The molecule has 17 heavy (non-hydrogen) atoms. The Morgan fingerprint density at radius 3 is 2.71 bits per heavy atom. The number of amidine groups is 1. The first-order chi connectivity index (χ1) is 7.95. The minimum atomic E-state index is -0.490. The van der Waals surface area contributed by atoms with E-state index < -0.39 is 11.0 Å².